The van der Waals surface area contributed by atoms with E-state index in [1.54, 1.807) is 11.1 Å². The quantitative estimate of drug-likeness (QED) is 0.273. The Bertz CT molecular complexity index is 1430. The summed E-state index contributed by atoms with van der Waals surface area (Å²) < 4.78 is 11.6. The van der Waals surface area contributed by atoms with Crippen LogP contribution < -0.4 is 4.74 Å². The Kier molecular flexibility index (Phi) is 9.89. The second kappa shape index (κ2) is 13.8. The lowest BCUT2D eigenvalue weighted by atomic mass is 9.79. The lowest BCUT2D eigenvalue weighted by molar-refractivity contribution is -0.139. The van der Waals surface area contributed by atoms with E-state index in [-0.39, 0.29) is 30.6 Å². The van der Waals surface area contributed by atoms with Crippen LogP contribution in [0.5, 0.6) is 5.88 Å². The number of carbonyl (C=O) groups excluding carboxylic acids is 2. The molecule has 2 aromatic carbocycles. The van der Waals surface area contributed by atoms with Gasteiger partial charge in [0.15, 0.2) is 0 Å². The molecule has 44 heavy (non-hydrogen) atoms. The van der Waals surface area contributed by atoms with Gasteiger partial charge >= 0.3 is 6.09 Å². The summed E-state index contributed by atoms with van der Waals surface area (Å²) in [5.41, 5.74) is 4.63. The summed E-state index contributed by atoms with van der Waals surface area (Å²) >= 11 is 0. The number of hydrogen-bond donors (Lipinski definition) is 1. The number of pyridine rings is 1. The summed E-state index contributed by atoms with van der Waals surface area (Å²) in [5.74, 6) is 0.144. The van der Waals surface area contributed by atoms with Crippen molar-refractivity contribution in [3.63, 3.8) is 0 Å². The number of benzene rings is 2. The van der Waals surface area contributed by atoms with Crippen LogP contribution in [0.1, 0.15) is 69.1 Å². The molecule has 8 nitrogen and oxygen atoms in total. The Morgan fingerprint density at radius 2 is 1.77 bits per heavy atom. The van der Waals surface area contributed by atoms with Crippen LogP contribution >= 0.6 is 0 Å². The van der Waals surface area contributed by atoms with Crippen molar-refractivity contribution in [1.29, 1.82) is 0 Å². The molecule has 2 aliphatic rings. The van der Waals surface area contributed by atoms with Crippen LogP contribution in [-0.4, -0.2) is 69.8 Å². The zero-order valence-corrected chi connectivity index (χ0v) is 26.4. The van der Waals surface area contributed by atoms with Gasteiger partial charge in [-0.3, -0.25) is 4.79 Å². The van der Waals surface area contributed by atoms with Gasteiger partial charge in [0.25, 0.3) is 0 Å². The van der Waals surface area contributed by atoms with Gasteiger partial charge in [0.1, 0.15) is 5.60 Å². The lowest BCUT2D eigenvalue weighted by Crippen LogP contribution is -2.51. The summed E-state index contributed by atoms with van der Waals surface area (Å²) in [4.78, 5) is 36.0. The Hall–Kier alpha value is -3.91. The standard InChI is InChI=1S/C36H45N3O5/c1-25-29(16-18-37-33(25)43-21-9-20-40)23-39(30-14-15-30)34(41)32-24-38(35(42)44-36(2,3)4)19-17-31(32)28-13-8-12-27(22-28)26-10-6-5-7-11-26/h5-8,10-13,16,18,22,30-32,40H,9,14-15,17,19-21,23-24H2,1-4H3/t31-,32+/m1/s1. The minimum absolute atomic E-state index is 0.0398. The number of piperidine rings is 1. The van der Waals surface area contributed by atoms with E-state index < -0.39 is 11.5 Å². The molecule has 0 radical (unpaired) electrons. The summed E-state index contributed by atoms with van der Waals surface area (Å²) in [6.07, 6.45) is 4.47. The molecule has 2 amide bonds. The average molecular weight is 600 g/mol. The van der Waals surface area contributed by atoms with Gasteiger partial charge in [-0.2, -0.15) is 0 Å². The molecule has 234 valence electrons. The zero-order valence-electron chi connectivity index (χ0n) is 26.4. The van der Waals surface area contributed by atoms with Crippen molar-refractivity contribution in [1.82, 2.24) is 14.8 Å². The number of rotatable bonds is 10. The second-order valence-electron chi connectivity index (χ2n) is 12.9. The molecule has 2 fully saturated rings. The van der Waals surface area contributed by atoms with Crippen LogP contribution in [0, 0.1) is 12.8 Å². The number of ether oxygens (including phenoxy) is 2. The maximum absolute atomic E-state index is 14.7. The molecule has 1 aliphatic carbocycles. The van der Waals surface area contributed by atoms with Crippen molar-refractivity contribution in [2.24, 2.45) is 5.92 Å². The average Bonchev–Trinajstić information content (AvgIpc) is 3.86. The minimum atomic E-state index is -0.618. The van der Waals surface area contributed by atoms with E-state index in [1.807, 2.05) is 56.9 Å². The Morgan fingerprint density at radius 3 is 2.48 bits per heavy atom. The van der Waals surface area contributed by atoms with Gasteiger partial charge in [-0.25, -0.2) is 9.78 Å². The Balaban J connectivity index is 1.44. The third kappa shape index (κ3) is 7.78. The molecule has 2 atom stereocenters. The highest BCUT2D eigenvalue weighted by atomic mass is 16.6. The van der Waals surface area contributed by atoms with Gasteiger partial charge in [0.2, 0.25) is 11.8 Å². The van der Waals surface area contributed by atoms with E-state index in [1.165, 1.54) is 0 Å². The second-order valence-corrected chi connectivity index (χ2v) is 12.9. The molecule has 2 heterocycles. The summed E-state index contributed by atoms with van der Waals surface area (Å²) in [6.45, 7) is 9.28. The van der Waals surface area contributed by atoms with E-state index in [0.29, 0.717) is 45.0 Å². The number of aliphatic hydroxyl groups is 1. The number of aromatic nitrogens is 1. The van der Waals surface area contributed by atoms with Gasteiger partial charge in [0, 0.05) is 50.5 Å². The first-order valence-corrected chi connectivity index (χ1v) is 15.8. The molecule has 0 spiro atoms. The Morgan fingerprint density at radius 1 is 1.02 bits per heavy atom. The number of carbonyl (C=O) groups is 2. The highest BCUT2D eigenvalue weighted by Gasteiger charge is 2.43. The fraction of sp³-hybridized carbons (Fsp3) is 0.472. The number of hydrogen-bond acceptors (Lipinski definition) is 6. The molecule has 1 aromatic heterocycles. The van der Waals surface area contributed by atoms with E-state index in [0.717, 1.165) is 40.7 Å². The van der Waals surface area contributed by atoms with Crippen molar-refractivity contribution >= 4 is 12.0 Å². The molecular formula is C36H45N3O5. The van der Waals surface area contributed by atoms with Crippen LogP contribution in [-0.2, 0) is 16.1 Å². The first-order chi connectivity index (χ1) is 21.1. The van der Waals surface area contributed by atoms with E-state index in [9.17, 15) is 9.59 Å². The van der Waals surface area contributed by atoms with Crippen LogP contribution in [0.15, 0.2) is 66.9 Å². The SMILES string of the molecule is Cc1c(CN(C(=O)[C@H]2CN(C(=O)OC(C)(C)C)CC[C@@H]2c2cccc(-c3ccccc3)c2)C2CC2)ccnc1OCCCO. The van der Waals surface area contributed by atoms with Crippen LogP contribution in [0.2, 0.25) is 0 Å². The predicted octanol–water partition coefficient (Wildman–Crippen LogP) is 6.35. The largest absolute Gasteiger partial charge is 0.477 e. The normalized spacial score (nSPS) is 18.5. The van der Waals surface area contributed by atoms with Crippen molar-refractivity contribution in [2.75, 3.05) is 26.3 Å². The van der Waals surface area contributed by atoms with Gasteiger partial charge in [-0.15, -0.1) is 0 Å². The molecule has 1 aliphatic heterocycles. The zero-order chi connectivity index (χ0) is 31.3. The topological polar surface area (TPSA) is 92.2 Å². The number of likely N-dealkylation sites (tertiary alicyclic amines) is 1. The fourth-order valence-corrected chi connectivity index (χ4v) is 5.95. The molecule has 8 heteroatoms. The minimum Gasteiger partial charge on any atom is -0.477 e. The van der Waals surface area contributed by atoms with Gasteiger partial charge in [0.05, 0.1) is 12.5 Å². The third-order valence-corrected chi connectivity index (χ3v) is 8.43. The molecule has 1 saturated carbocycles. The van der Waals surface area contributed by atoms with E-state index in [2.05, 4.69) is 41.4 Å². The molecular weight excluding hydrogens is 554 g/mol. The van der Waals surface area contributed by atoms with Crippen molar-refractivity contribution in [3.05, 3.63) is 83.6 Å². The van der Waals surface area contributed by atoms with E-state index in [4.69, 9.17) is 14.6 Å². The lowest BCUT2D eigenvalue weighted by Gasteiger charge is -2.40. The molecule has 3 aromatic rings. The maximum atomic E-state index is 14.7. The van der Waals surface area contributed by atoms with E-state index >= 15 is 0 Å². The molecule has 0 unspecified atom stereocenters. The van der Waals surface area contributed by atoms with Crippen LogP contribution in [0.3, 0.4) is 0 Å². The summed E-state index contributed by atoms with van der Waals surface area (Å²) in [5, 5.41) is 9.15. The first-order valence-electron chi connectivity index (χ1n) is 15.8. The van der Waals surface area contributed by atoms with Crippen molar-refractivity contribution in [2.45, 2.75) is 77.5 Å². The summed E-state index contributed by atoms with van der Waals surface area (Å²) in [6, 6.07) is 20.9. The van der Waals surface area contributed by atoms with Gasteiger partial charge in [-0.1, -0.05) is 54.6 Å². The fourth-order valence-electron chi connectivity index (χ4n) is 5.95. The molecule has 1 saturated heterocycles. The van der Waals surface area contributed by atoms with Gasteiger partial charge < -0.3 is 24.4 Å². The highest BCUT2D eigenvalue weighted by Crippen LogP contribution is 2.39. The number of amides is 2. The summed E-state index contributed by atoms with van der Waals surface area (Å²) in [7, 11) is 0. The molecule has 5 rings (SSSR count). The highest BCUT2D eigenvalue weighted by molar-refractivity contribution is 5.82. The van der Waals surface area contributed by atoms with Crippen molar-refractivity contribution in [3.8, 4) is 17.0 Å². The van der Waals surface area contributed by atoms with Crippen molar-refractivity contribution < 1.29 is 24.2 Å². The van der Waals surface area contributed by atoms with Gasteiger partial charge in [-0.05, 0) is 81.2 Å². The number of aliphatic hydroxyl groups excluding tert-OH is 1. The van der Waals surface area contributed by atoms with Crippen LogP contribution in [0.25, 0.3) is 11.1 Å². The monoisotopic (exact) mass is 599 g/mol. The molecule has 1 N–H and O–H groups in total. The first kappa shape index (κ1) is 31.5. The Labute approximate surface area is 261 Å². The number of nitrogens with zero attached hydrogens (tertiary/aromatic N) is 3. The third-order valence-electron chi connectivity index (χ3n) is 8.43. The smallest absolute Gasteiger partial charge is 0.410 e. The van der Waals surface area contributed by atoms with Crippen LogP contribution in [0.4, 0.5) is 4.79 Å². The maximum Gasteiger partial charge on any atom is 0.410 e. The predicted molar refractivity (Wildman–Crippen MR) is 170 cm³/mol. The molecule has 0 bridgehead atoms.